The third-order valence-corrected chi connectivity index (χ3v) is 2.10. The topological polar surface area (TPSA) is 0 Å². The minimum absolute atomic E-state index is 0.229. The Balaban J connectivity index is 2.83. The zero-order valence-corrected chi connectivity index (χ0v) is 6.46. The first kappa shape index (κ1) is 8.62. The summed E-state index contributed by atoms with van der Waals surface area (Å²) in [5.41, 5.74) is 0.345. The van der Waals surface area contributed by atoms with Gasteiger partial charge in [0.05, 0.1) is 0 Å². The van der Waals surface area contributed by atoms with Gasteiger partial charge in [0, 0.05) is 5.57 Å². The predicted octanol–water partition coefficient (Wildman–Crippen LogP) is 3.44. The normalized spacial score (nSPS) is 19.6. The van der Waals surface area contributed by atoms with Crippen molar-refractivity contribution < 1.29 is 13.2 Å². The molecule has 3 heteroatoms. The van der Waals surface area contributed by atoms with Gasteiger partial charge >= 0.3 is 6.18 Å². The summed E-state index contributed by atoms with van der Waals surface area (Å²) in [6.07, 6.45) is -1.97. The molecule has 0 aromatic carbocycles. The van der Waals surface area contributed by atoms with Crippen LogP contribution in [0.15, 0.2) is 11.1 Å². The Bertz CT molecular complexity index is 176. The molecule has 0 heterocycles. The highest BCUT2D eigenvalue weighted by Crippen LogP contribution is 2.39. The third kappa shape index (κ3) is 1.76. The van der Waals surface area contributed by atoms with E-state index in [9.17, 15) is 13.2 Å². The first-order chi connectivity index (χ1) is 5.05. The van der Waals surface area contributed by atoms with E-state index < -0.39 is 6.18 Å². The minimum atomic E-state index is -4.07. The Hall–Kier alpha value is -0.470. The fourth-order valence-corrected chi connectivity index (χ4v) is 1.54. The summed E-state index contributed by atoms with van der Waals surface area (Å²) >= 11 is 0. The molecule has 0 amide bonds. The van der Waals surface area contributed by atoms with Crippen molar-refractivity contribution in [3.8, 4) is 0 Å². The van der Waals surface area contributed by atoms with Crippen LogP contribution in [0.25, 0.3) is 0 Å². The van der Waals surface area contributed by atoms with Crippen molar-refractivity contribution in [2.24, 2.45) is 0 Å². The van der Waals surface area contributed by atoms with Crippen LogP contribution in [0.3, 0.4) is 0 Å². The molecule has 0 bridgehead atoms. The van der Waals surface area contributed by atoms with E-state index in [1.807, 2.05) is 0 Å². The predicted molar refractivity (Wildman–Crippen MR) is 37.2 cm³/mol. The average molecular weight is 164 g/mol. The highest BCUT2D eigenvalue weighted by atomic mass is 19.4. The van der Waals surface area contributed by atoms with Gasteiger partial charge < -0.3 is 0 Å². The van der Waals surface area contributed by atoms with E-state index >= 15 is 0 Å². The van der Waals surface area contributed by atoms with Crippen molar-refractivity contribution in [1.29, 1.82) is 0 Å². The van der Waals surface area contributed by atoms with Gasteiger partial charge in [0.2, 0.25) is 0 Å². The van der Waals surface area contributed by atoms with E-state index in [2.05, 4.69) is 0 Å². The Kier molecular flexibility index (Phi) is 2.25. The second kappa shape index (κ2) is 2.88. The van der Waals surface area contributed by atoms with Crippen molar-refractivity contribution in [3.05, 3.63) is 11.1 Å². The van der Waals surface area contributed by atoms with Gasteiger partial charge in [0.1, 0.15) is 0 Å². The number of rotatable bonds is 1. The van der Waals surface area contributed by atoms with Gasteiger partial charge in [-0.2, -0.15) is 13.2 Å². The van der Waals surface area contributed by atoms with Crippen molar-refractivity contribution in [3.63, 3.8) is 0 Å². The van der Waals surface area contributed by atoms with Crippen LogP contribution in [0, 0.1) is 0 Å². The van der Waals surface area contributed by atoms with Gasteiger partial charge in [-0.15, -0.1) is 0 Å². The second-order valence-corrected chi connectivity index (χ2v) is 2.79. The van der Waals surface area contributed by atoms with Crippen LogP contribution in [-0.2, 0) is 0 Å². The first-order valence-electron chi connectivity index (χ1n) is 3.83. The molecule has 1 aliphatic rings. The smallest absolute Gasteiger partial charge is 0.166 e. The molecule has 0 fully saturated rings. The molecule has 0 N–H and O–H groups in total. The number of hydrogen-bond acceptors (Lipinski definition) is 0. The summed E-state index contributed by atoms with van der Waals surface area (Å²) < 4.78 is 36.4. The van der Waals surface area contributed by atoms with Crippen LogP contribution in [0.5, 0.6) is 0 Å². The summed E-state index contributed by atoms with van der Waals surface area (Å²) in [6.45, 7) is 1.78. The minimum Gasteiger partial charge on any atom is -0.166 e. The Morgan fingerprint density at radius 2 is 1.91 bits per heavy atom. The van der Waals surface area contributed by atoms with Crippen LogP contribution in [0.4, 0.5) is 13.2 Å². The molecule has 1 rings (SSSR count). The third-order valence-electron chi connectivity index (χ3n) is 2.10. The summed E-state index contributed by atoms with van der Waals surface area (Å²) in [5.74, 6) is 0. The van der Waals surface area contributed by atoms with E-state index in [1.165, 1.54) is 0 Å². The van der Waals surface area contributed by atoms with Gasteiger partial charge in [-0.25, -0.2) is 0 Å². The molecule has 0 saturated carbocycles. The Morgan fingerprint density at radius 3 is 2.27 bits per heavy atom. The molecule has 64 valence electrons. The van der Waals surface area contributed by atoms with Crippen LogP contribution in [-0.4, -0.2) is 6.18 Å². The maximum Gasteiger partial charge on any atom is 0.412 e. The van der Waals surface area contributed by atoms with Crippen molar-refractivity contribution in [1.82, 2.24) is 0 Å². The van der Waals surface area contributed by atoms with Gasteiger partial charge in [-0.3, -0.25) is 0 Å². The summed E-state index contributed by atoms with van der Waals surface area (Å²) in [4.78, 5) is 0. The number of halogens is 3. The fraction of sp³-hybridized carbons (Fsp3) is 0.750. The lowest BCUT2D eigenvalue weighted by Gasteiger charge is -2.09. The summed E-state index contributed by atoms with van der Waals surface area (Å²) in [7, 11) is 0. The van der Waals surface area contributed by atoms with E-state index in [0.717, 1.165) is 0 Å². The van der Waals surface area contributed by atoms with E-state index in [1.54, 1.807) is 6.92 Å². The van der Waals surface area contributed by atoms with Gasteiger partial charge in [0.25, 0.3) is 0 Å². The largest absolute Gasteiger partial charge is 0.412 e. The molecule has 0 aliphatic heterocycles. The molecular formula is C8H11F3. The van der Waals surface area contributed by atoms with Gasteiger partial charge in [0.15, 0.2) is 0 Å². The molecule has 1 aliphatic carbocycles. The molecule has 0 aromatic heterocycles. The number of alkyl halides is 3. The van der Waals surface area contributed by atoms with Crippen LogP contribution < -0.4 is 0 Å². The van der Waals surface area contributed by atoms with E-state index in [0.29, 0.717) is 24.8 Å². The molecule has 0 aromatic rings. The monoisotopic (exact) mass is 164 g/mol. The fourth-order valence-electron chi connectivity index (χ4n) is 1.54. The van der Waals surface area contributed by atoms with E-state index in [4.69, 9.17) is 0 Å². The molecule has 0 atom stereocenters. The molecule has 11 heavy (non-hydrogen) atoms. The molecular weight excluding hydrogens is 153 g/mol. The lowest BCUT2D eigenvalue weighted by Crippen LogP contribution is -2.11. The summed E-state index contributed by atoms with van der Waals surface area (Å²) in [6, 6.07) is 0. The quantitative estimate of drug-likeness (QED) is 0.521. The van der Waals surface area contributed by atoms with Gasteiger partial charge in [-0.05, 0) is 25.7 Å². The summed E-state index contributed by atoms with van der Waals surface area (Å²) in [5, 5.41) is 0. The molecule has 0 nitrogen and oxygen atoms in total. The molecule has 0 radical (unpaired) electrons. The SMILES string of the molecule is CCC1=C(C(F)(F)F)CCC1. The zero-order valence-electron chi connectivity index (χ0n) is 6.46. The number of hydrogen-bond donors (Lipinski definition) is 0. The molecule has 0 unspecified atom stereocenters. The highest BCUT2D eigenvalue weighted by molar-refractivity contribution is 5.23. The zero-order chi connectivity index (χ0) is 8.48. The van der Waals surface area contributed by atoms with E-state index in [-0.39, 0.29) is 12.0 Å². The maximum absolute atomic E-state index is 12.1. The molecule has 0 saturated heterocycles. The molecule has 0 spiro atoms. The van der Waals surface area contributed by atoms with Crippen LogP contribution >= 0.6 is 0 Å². The standard InChI is InChI=1S/C8H11F3/c1-2-6-4-3-5-7(6)8(9,10)11/h2-5H2,1H3. The average Bonchev–Trinajstić information content (AvgIpc) is 2.31. The highest BCUT2D eigenvalue weighted by Gasteiger charge is 2.37. The Morgan fingerprint density at radius 1 is 1.27 bits per heavy atom. The van der Waals surface area contributed by atoms with Crippen LogP contribution in [0.1, 0.15) is 32.6 Å². The van der Waals surface area contributed by atoms with Crippen molar-refractivity contribution in [2.75, 3.05) is 0 Å². The lowest BCUT2D eigenvalue weighted by molar-refractivity contribution is -0.0938. The maximum atomic E-state index is 12.1. The van der Waals surface area contributed by atoms with Crippen molar-refractivity contribution >= 4 is 0 Å². The second-order valence-electron chi connectivity index (χ2n) is 2.79. The first-order valence-corrected chi connectivity index (χ1v) is 3.83. The van der Waals surface area contributed by atoms with Crippen LogP contribution in [0.2, 0.25) is 0 Å². The Labute approximate surface area is 64.1 Å². The van der Waals surface area contributed by atoms with Gasteiger partial charge in [-0.1, -0.05) is 12.5 Å². The number of allylic oxidation sites excluding steroid dienone is 2. The lowest BCUT2D eigenvalue weighted by atomic mass is 10.1. The van der Waals surface area contributed by atoms with Crippen molar-refractivity contribution in [2.45, 2.75) is 38.8 Å².